The number of benzene rings is 1. The van der Waals surface area contributed by atoms with Crippen LogP contribution in [0.25, 0.3) is 0 Å². The van der Waals surface area contributed by atoms with E-state index in [9.17, 15) is 24.1 Å². The molecule has 154 valence electrons. The van der Waals surface area contributed by atoms with Gasteiger partial charge in [-0.2, -0.15) is 0 Å². The predicted octanol–water partition coefficient (Wildman–Crippen LogP) is 3.57. The van der Waals surface area contributed by atoms with Crippen LogP contribution in [-0.2, 0) is 19.7 Å². The Balaban J connectivity index is 2.31. The molecule has 28 heavy (non-hydrogen) atoms. The number of carbonyl (C=O) groups excluding carboxylic acids is 2. The van der Waals surface area contributed by atoms with Gasteiger partial charge in [0.1, 0.15) is 11.4 Å². The maximum atomic E-state index is 14.7. The van der Waals surface area contributed by atoms with E-state index >= 15 is 0 Å². The van der Waals surface area contributed by atoms with Crippen LogP contribution >= 0.6 is 0 Å². The van der Waals surface area contributed by atoms with E-state index in [2.05, 4.69) is 0 Å². The Morgan fingerprint density at radius 3 is 2.36 bits per heavy atom. The quantitative estimate of drug-likeness (QED) is 0.438. The van der Waals surface area contributed by atoms with Crippen LogP contribution < -0.4 is 0 Å². The largest absolute Gasteiger partial charge is 0.465 e. The van der Waals surface area contributed by atoms with Crippen molar-refractivity contribution in [1.29, 1.82) is 0 Å². The highest BCUT2D eigenvalue weighted by Gasteiger charge is 2.47. The van der Waals surface area contributed by atoms with Gasteiger partial charge in [-0.05, 0) is 46.6 Å². The predicted molar refractivity (Wildman–Crippen MR) is 98.4 cm³/mol. The number of rotatable bonds is 4. The second kappa shape index (κ2) is 8.12. The molecule has 2 rings (SSSR count). The number of nitro benzene ring substituents is 1. The molecule has 0 radical (unpaired) electrons. The van der Waals surface area contributed by atoms with E-state index < -0.39 is 39.5 Å². The molecule has 8 nitrogen and oxygen atoms in total. The Labute approximate surface area is 162 Å². The van der Waals surface area contributed by atoms with Gasteiger partial charge in [0.25, 0.3) is 5.69 Å². The zero-order valence-electron chi connectivity index (χ0n) is 16.5. The topological polar surface area (TPSA) is 99.0 Å². The second-order valence-corrected chi connectivity index (χ2v) is 7.69. The van der Waals surface area contributed by atoms with Crippen molar-refractivity contribution >= 4 is 17.7 Å². The van der Waals surface area contributed by atoms with E-state index in [0.29, 0.717) is 0 Å². The van der Waals surface area contributed by atoms with Gasteiger partial charge in [0.15, 0.2) is 0 Å². The van der Waals surface area contributed by atoms with Gasteiger partial charge in [0.05, 0.1) is 23.0 Å². The van der Waals surface area contributed by atoms with Crippen molar-refractivity contribution in [1.82, 2.24) is 4.90 Å². The van der Waals surface area contributed by atoms with Crippen LogP contribution in [0.5, 0.6) is 0 Å². The molecule has 0 atom stereocenters. The van der Waals surface area contributed by atoms with Crippen LogP contribution in [0.2, 0.25) is 0 Å². The number of amides is 1. The van der Waals surface area contributed by atoms with Crippen molar-refractivity contribution in [3.63, 3.8) is 0 Å². The fourth-order valence-corrected chi connectivity index (χ4v) is 3.26. The van der Waals surface area contributed by atoms with Crippen molar-refractivity contribution < 1.29 is 28.4 Å². The van der Waals surface area contributed by atoms with Crippen LogP contribution in [0.15, 0.2) is 18.2 Å². The first-order valence-electron chi connectivity index (χ1n) is 9.10. The van der Waals surface area contributed by atoms with Crippen LogP contribution in [0.3, 0.4) is 0 Å². The molecule has 1 fully saturated rings. The van der Waals surface area contributed by atoms with E-state index in [0.717, 1.165) is 6.07 Å². The molecular weight excluding hydrogens is 371 g/mol. The van der Waals surface area contributed by atoms with Crippen LogP contribution in [0, 0.1) is 15.9 Å². The van der Waals surface area contributed by atoms with Gasteiger partial charge in [-0.3, -0.25) is 14.9 Å². The summed E-state index contributed by atoms with van der Waals surface area (Å²) >= 11 is 0. The number of non-ortho nitro benzene ring substituents is 1. The highest BCUT2D eigenvalue weighted by Crippen LogP contribution is 2.39. The normalized spacial score (nSPS) is 16.4. The summed E-state index contributed by atoms with van der Waals surface area (Å²) in [6, 6.07) is 3.23. The molecule has 9 heteroatoms. The first kappa shape index (κ1) is 21.6. The Morgan fingerprint density at radius 1 is 1.29 bits per heavy atom. The van der Waals surface area contributed by atoms with E-state index in [4.69, 9.17) is 9.47 Å². The fourth-order valence-electron chi connectivity index (χ4n) is 3.26. The standard InChI is InChI=1S/C19H25FN2O6/c1-5-27-16(23)19(14-7-6-13(22(25)26)12-15(14)20)8-10-21(11-9-19)17(24)28-18(2,3)4/h6-7,12H,5,8-11H2,1-4H3. The molecule has 0 spiro atoms. The number of nitrogens with zero attached hydrogens (tertiary/aromatic N) is 2. The highest BCUT2D eigenvalue weighted by atomic mass is 19.1. The first-order chi connectivity index (χ1) is 13.0. The molecule has 1 amide bonds. The van der Waals surface area contributed by atoms with E-state index in [-0.39, 0.29) is 38.1 Å². The smallest absolute Gasteiger partial charge is 0.410 e. The molecule has 0 bridgehead atoms. The number of ether oxygens (including phenoxy) is 2. The Bertz CT molecular complexity index is 766. The molecule has 1 aliphatic rings. The molecule has 0 aromatic heterocycles. The molecule has 0 N–H and O–H groups in total. The van der Waals surface area contributed by atoms with Crippen molar-refractivity contribution in [2.45, 2.75) is 51.6 Å². The summed E-state index contributed by atoms with van der Waals surface area (Å²) in [4.78, 5) is 36.7. The van der Waals surface area contributed by atoms with E-state index in [1.807, 2.05) is 0 Å². The highest BCUT2D eigenvalue weighted by molar-refractivity contribution is 5.84. The number of piperidine rings is 1. The number of carbonyl (C=O) groups is 2. The minimum atomic E-state index is -1.31. The summed E-state index contributed by atoms with van der Waals surface area (Å²) in [6.07, 6.45) is -0.256. The van der Waals surface area contributed by atoms with Crippen molar-refractivity contribution in [2.24, 2.45) is 0 Å². The third-order valence-electron chi connectivity index (χ3n) is 4.61. The summed E-state index contributed by atoms with van der Waals surface area (Å²) in [5, 5.41) is 10.9. The SMILES string of the molecule is CCOC(=O)C1(c2ccc([N+](=O)[O-])cc2F)CCN(C(=O)OC(C)(C)C)CC1. The van der Waals surface area contributed by atoms with Gasteiger partial charge in [0.2, 0.25) is 0 Å². The van der Waals surface area contributed by atoms with Crippen LogP contribution in [0.1, 0.15) is 46.1 Å². The maximum absolute atomic E-state index is 14.7. The zero-order chi connectivity index (χ0) is 21.1. The first-order valence-corrected chi connectivity index (χ1v) is 9.10. The second-order valence-electron chi connectivity index (χ2n) is 7.69. The van der Waals surface area contributed by atoms with E-state index in [1.165, 1.54) is 17.0 Å². The third kappa shape index (κ3) is 4.58. The molecule has 1 aliphatic heterocycles. The number of esters is 1. The number of likely N-dealkylation sites (tertiary alicyclic amines) is 1. The van der Waals surface area contributed by atoms with Crippen LogP contribution in [-0.4, -0.2) is 47.2 Å². The van der Waals surface area contributed by atoms with Gasteiger partial charge in [-0.15, -0.1) is 0 Å². The van der Waals surface area contributed by atoms with Crippen molar-refractivity contribution in [3.05, 3.63) is 39.7 Å². The zero-order valence-corrected chi connectivity index (χ0v) is 16.5. The van der Waals surface area contributed by atoms with E-state index in [1.54, 1.807) is 27.7 Å². The average molecular weight is 396 g/mol. The van der Waals surface area contributed by atoms with Crippen molar-refractivity contribution in [2.75, 3.05) is 19.7 Å². The molecule has 0 unspecified atom stereocenters. The number of hydrogen-bond donors (Lipinski definition) is 0. The molecular formula is C19H25FN2O6. The monoisotopic (exact) mass is 396 g/mol. The third-order valence-corrected chi connectivity index (χ3v) is 4.61. The van der Waals surface area contributed by atoms with Crippen molar-refractivity contribution in [3.8, 4) is 0 Å². The summed E-state index contributed by atoms with van der Waals surface area (Å²) in [5.74, 6) is -1.44. The maximum Gasteiger partial charge on any atom is 0.410 e. The molecule has 0 saturated carbocycles. The lowest BCUT2D eigenvalue weighted by atomic mass is 9.72. The van der Waals surface area contributed by atoms with Gasteiger partial charge in [-0.1, -0.05) is 0 Å². The molecule has 1 saturated heterocycles. The lowest BCUT2D eigenvalue weighted by Gasteiger charge is -2.40. The fraction of sp³-hybridized carbons (Fsp3) is 0.579. The summed E-state index contributed by atoms with van der Waals surface area (Å²) in [5.41, 5.74) is -2.32. The van der Waals surface area contributed by atoms with Gasteiger partial charge in [-0.25, -0.2) is 9.18 Å². The number of halogens is 1. The number of nitro groups is 1. The summed E-state index contributed by atoms with van der Waals surface area (Å²) < 4.78 is 25.2. The molecule has 0 aliphatic carbocycles. The molecule has 1 aromatic rings. The summed E-state index contributed by atoms with van der Waals surface area (Å²) in [7, 11) is 0. The number of hydrogen-bond acceptors (Lipinski definition) is 6. The van der Waals surface area contributed by atoms with Gasteiger partial charge < -0.3 is 14.4 Å². The minimum Gasteiger partial charge on any atom is -0.465 e. The Morgan fingerprint density at radius 2 is 1.89 bits per heavy atom. The molecule has 1 aromatic carbocycles. The Hall–Kier alpha value is -2.71. The summed E-state index contributed by atoms with van der Waals surface area (Å²) in [6.45, 7) is 7.37. The lowest BCUT2D eigenvalue weighted by Crippen LogP contribution is -2.51. The van der Waals surface area contributed by atoms with Crippen LogP contribution in [0.4, 0.5) is 14.9 Å². The molecule has 1 heterocycles. The Kier molecular flexibility index (Phi) is 6.26. The van der Waals surface area contributed by atoms with Gasteiger partial charge in [0, 0.05) is 24.7 Å². The minimum absolute atomic E-state index is 0.0420. The average Bonchev–Trinajstić information content (AvgIpc) is 2.60. The lowest BCUT2D eigenvalue weighted by molar-refractivity contribution is -0.385. The van der Waals surface area contributed by atoms with Gasteiger partial charge >= 0.3 is 12.1 Å².